The lowest BCUT2D eigenvalue weighted by atomic mass is 9.95. The summed E-state index contributed by atoms with van der Waals surface area (Å²) in [5, 5.41) is 10.8. The van der Waals surface area contributed by atoms with Crippen LogP contribution in [0.2, 0.25) is 0 Å². The molecule has 5 nitrogen and oxygen atoms in total. The summed E-state index contributed by atoms with van der Waals surface area (Å²) in [7, 11) is 0. The highest BCUT2D eigenvalue weighted by molar-refractivity contribution is 5.62. The minimum Gasteiger partial charge on any atom is -0.315 e. The van der Waals surface area contributed by atoms with E-state index in [0.717, 1.165) is 62.1 Å². The van der Waals surface area contributed by atoms with Crippen LogP contribution in [0.15, 0.2) is 48.7 Å². The van der Waals surface area contributed by atoms with Crippen molar-refractivity contribution in [3.8, 4) is 11.3 Å². The van der Waals surface area contributed by atoms with Crippen molar-refractivity contribution in [1.82, 2.24) is 25.3 Å². The van der Waals surface area contributed by atoms with Crippen molar-refractivity contribution >= 4 is 5.65 Å². The van der Waals surface area contributed by atoms with E-state index in [1.165, 1.54) is 56.4 Å². The Kier molecular flexibility index (Phi) is 8.65. The summed E-state index contributed by atoms with van der Waals surface area (Å²) in [4.78, 5) is 4.70. The Morgan fingerprint density at radius 3 is 2.47 bits per heavy atom. The Bertz CT molecular complexity index is 947. The van der Waals surface area contributed by atoms with Crippen molar-refractivity contribution in [3.63, 3.8) is 0 Å². The fourth-order valence-corrected chi connectivity index (χ4v) is 4.48. The van der Waals surface area contributed by atoms with Gasteiger partial charge in [0.05, 0.1) is 5.69 Å². The van der Waals surface area contributed by atoms with Crippen LogP contribution in [0.3, 0.4) is 0 Å². The molecule has 3 aromatic rings. The van der Waals surface area contributed by atoms with Crippen LogP contribution in [0.5, 0.6) is 0 Å². The molecule has 0 aliphatic heterocycles. The average molecular weight is 438 g/mol. The average Bonchev–Trinajstić information content (AvgIpc) is 3.26. The first-order valence-electron chi connectivity index (χ1n) is 12.2. The Hall–Kier alpha value is -2.28. The Morgan fingerprint density at radius 2 is 1.66 bits per heavy atom. The van der Waals surface area contributed by atoms with Crippen molar-refractivity contribution in [2.45, 2.75) is 57.5 Å². The summed E-state index contributed by atoms with van der Waals surface area (Å²) in [5.74, 6) is -0.228. The van der Waals surface area contributed by atoms with E-state index in [1.807, 2.05) is 18.3 Å². The van der Waals surface area contributed by atoms with Crippen LogP contribution in [0.25, 0.3) is 16.9 Å². The molecule has 32 heavy (non-hydrogen) atoms. The maximum atomic E-state index is 13.2. The maximum absolute atomic E-state index is 13.2. The highest BCUT2D eigenvalue weighted by Crippen LogP contribution is 2.20. The van der Waals surface area contributed by atoms with Gasteiger partial charge in [0, 0.05) is 43.1 Å². The lowest BCUT2D eigenvalue weighted by Crippen LogP contribution is -2.36. The standard InChI is InChI=1S/C26H36FN5/c27-22-13-11-21(12-14-22)25-20-32-24(9-6-10-26(32)31-25)19-29-16-5-4-15-28-17-18-30-23-7-2-1-3-8-23/h6,9-14,20,23,28-30H,1-5,7-8,15-19H2. The third kappa shape index (κ3) is 6.61. The van der Waals surface area contributed by atoms with Crippen LogP contribution in [-0.2, 0) is 6.54 Å². The fourth-order valence-electron chi connectivity index (χ4n) is 4.48. The summed E-state index contributed by atoms with van der Waals surface area (Å²) >= 11 is 0. The number of hydrogen-bond acceptors (Lipinski definition) is 4. The first kappa shape index (κ1) is 22.9. The Labute approximate surface area is 190 Å². The quantitative estimate of drug-likeness (QED) is 0.365. The lowest BCUT2D eigenvalue weighted by molar-refractivity contribution is 0.372. The molecule has 0 atom stereocenters. The Balaban J connectivity index is 1.13. The van der Waals surface area contributed by atoms with Gasteiger partial charge in [-0.1, -0.05) is 25.3 Å². The van der Waals surface area contributed by atoms with E-state index in [0.29, 0.717) is 0 Å². The van der Waals surface area contributed by atoms with Gasteiger partial charge in [-0.2, -0.15) is 0 Å². The van der Waals surface area contributed by atoms with E-state index in [-0.39, 0.29) is 5.82 Å². The van der Waals surface area contributed by atoms with E-state index in [4.69, 9.17) is 4.98 Å². The third-order valence-electron chi connectivity index (χ3n) is 6.32. The first-order valence-corrected chi connectivity index (χ1v) is 12.2. The van der Waals surface area contributed by atoms with Gasteiger partial charge < -0.3 is 20.4 Å². The van der Waals surface area contributed by atoms with Gasteiger partial charge >= 0.3 is 0 Å². The molecule has 1 aliphatic rings. The second-order valence-corrected chi connectivity index (χ2v) is 8.80. The smallest absolute Gasteiger partial charge is 0.137 e. The van der Waals surface area contributed by atoms with Gasteiger partial charge in [-0.25, -0.2) is 9.37 Å². The summed E-state index contributed by atoms with van der Waals surface area (Å²) in [6.45, 7) is 5.01. The predicted octanol–water partition coefficient (Wildman–Crippen LogP) is 4.52. The van der Waals surface area contributed by atoms with E-state index in [9.17, 15) is 4.39 Å². The van der Waals surface area contributed by atoms with Crippen molar-refractivity contribution in [2.24, 2.45) is 0 Å². The zero-order valence-electron chi connectivity index (χ0n) is 19.0. The Morgan fingerprint density at radius 1 is 0.875 bits per heavy atom. The van der Waals surface area contributed by atoms with Crippen molar-refractivity contribution in [3.05, 3.63) is 60.2 Å². The molecular formula is C26H36FN5. The van der Waals surface area contributed by atoms with E-state index in [1.54, 1.807) is 12.1 Å². The van der Waals surface area contributed by atoms with Crippen LogP contribution in [-0.4, -0.2) is 41.6 Å². The largest absolute Gasteiger partial charge is 0.315 e. The molecule has 0 spiro atoms. The van der Waals surface area contributed by atoms with Crippen LogP contribution in [0, 0.1) is 5.82 Å². The number of fused-ring (bicyclic) bond motifs is 1. The summed E-state index contributed by atoms with van der Waals surface area (Å²) < 4.78 is 15.3. The second kappa shape index (κ2) is 12.1. The fraction of sp³-hybridized carbons (Fsp3) is 0.500. The molecular weight excluding hydrogens is 401 g/mol. The van der Waals surface area contributed by atoms with Gasteiger partial charge in [0.15, 0.2) is 0 Å². The van der Waals surface area contributed by atoms with Gasteiger partial charge in [0.25, 0.3) is 0 Å². The van der Waals surface area contributed by atoms with Crippen LogP contribution in [0.4, 0.5) is 4.39 Å². The maximum Gasteiger partial charge on any atom is 0.137 e. The molecule has 0 unspecified atom stereocenters. The zero-order chi connectivity index (χ0) is 22.0. The zero-order valence-corrected chi connectivity index (χ0v) is 19.0. The van der Waals surface area contributed by atoms with E-state index >= 15 is 0 Å². The molecule has 172 valence electrons. The van der Waals surface area contributed by atoms with Gasteiger partial charge in [-0.3, -0.25) is 0 Å². The number of pyridine rings is 1. The molecule has 0 amide bonds. The number of aromatic nitrogens is 2. The molecule has 2 aromatic heterocycles. The number of imidazole rings is 1. The predicted molar refractivity (Wildman–Crippen MR) is 129 cm³/mol. The van der Waals surface area contributed by atoms with Crippen molar-refractivity contribution in [2.75, 3.05) is 26.2 Å². The van der Waals surface area contributed by atoms with Gasteiger partial charge in [-0.05, 0) is 75.2 Å². The summed E-state index contributed by atoms with van der Waals surface area (Å²) in [6, 6.07) is 13.4. The molecule has 3 N–H and O–H groups in total. The molecule has 1 fully saturated rings. The molecule has 1 aliphatic carbocycles. The number of rotatable bonds is 12. The normalized spacial score (nSPS) is 14.9. The minimum atomic E-state index is -0.228. The topological polar surface area (TPSA) is 53.4 Å². The molecule has 0 saturated heterocycles. The lowest BCUT2D eigenvalue weighted by Gasteiger charge is -2.22. The second-order valence-electron chi connectivity index (χ2n) is 8.80. The molecule has 1 saturated carbocycles. The minimum absolute atomic E-state index is 0.228. The van der Waals surface area contributed by atoms with Crippen LogP contribution >= 0.6 is 0 Å². The van der Waals surface area contributed by atoms with Gasteiger partial charge in [0.1, 0.15) is 11.5 Å². The van der Waals surface area contributed by atoms with Gasteiger partial charge in [0.2, 0.25) is 0 Å². The molecule has 2 heterocycles. The third-order valence-corrected chi connectivity index (χ3v) is 6.32. The number of hydrogen-bond donors (Lipinski definition) is 3. The van der Waals surface area contributed by atoms with E-state index < -0.39 is 0 Å². The number of nitrogens with zero attached hydrogens (tertiary/aromatic N) is 2. The molecule has 0 radical (unpaired) electrons. The van der Waals surface area contributed by atoms with Crippen LogP contribution < -0.4 is 16.0 Å². The SMILES string of the molecule is Fc1ccc(-c2cn3c(CNCCCCNCCNC4CCCCC4)cccc3n2)cc1. The monoisotopic (exact) mass is 437 g/mol. The number of nitrogens with one attached hydrogen (secondary N) is 3. The van der Waals surface area contributed by atoms with Crippen molar-refractivity contribution in [1.29, 1.82) is 0 Å². The highest BCUT2D eigenvalue weighted by Gasteiger charge is 2.11. The summed E-state index contributed by atoms with van der Waals surface area (Å²) in [6.07, 6.45) is 11.3. The first-order chi connectivity index (χ1) is 15.8. The molecule has 6 heteroatoms. The van der Waals surface area contributed by atoms with E-state index in [2.05, 4.69) is 26.4 Å². The number of unbranched alkanes of at least 4 members (excludes halogenated alkanes) is 1. The number of halogens is 1. The number of benzene rings is 1. The summed E-state index contributed by atoms with van der Waals surface area (Å²) in [5.41, 5.74) is 3.88. The molecule has 0 bridgehead atoms. The van der Waals surface area contributed by atoms with Gasteiger partial charge in [-0.15, -0.1) is 0 Å². The van der Waals surface area contributed by atoms with Crippen molar-refractivity contribution < 1.29 is 4.39 Å². The van der Waals surface area contributed by atoms with Crippen LogP contribution in [0.1, 0.15) is 50.6 Å². The highest BCUT2D eigenvalue weighted by atomic mass is 19.1. The molecule has 4 rings (SSSR count). The molecule has 1 aromatic carbocycles.